The predicted molar refractivity (Wildman–Crippen MR) is 86.9 cm³/mol. The second-order valence-corrected chi connectivity index (χ2v) is 8.46. The molecule has 6 atom stereocenters. The first-order valence-electron chi connectivity index (χ1n) is 9.43. The van der Waals surface area contributed by atoms with Gasteiger partial charge in [-0.3, -0.25) is 4.79 Å². The normalized spacial score (nSPS) is 47.0. The Balaban J connectivity index is 1.62. The van der Waals surface area contributed by atoms with Crippen LogP contribution < -0.4 is 4.90 Å². The Morgan fingerprint density at radius 2 is 2.13 bits per heavy atom. The van der Waals surface area contributed by atoms with E-state index in [2.05, 4.69) is 19.9 Å². The molecule has 2 saturated heterocycles. The summed E-state index contributed by atoms with van der Waals surface area (Å²) in [5.74, 6) is 0.275. The summed E-state index contributed by atoms with van der Waals surface area (Å²) in [6.07, 6.45) is 7.31. The van der Waals surface area contributed by atoms with Gasteiger partial charge in [-0.05, 0) is 18.8 Å². The number of hydrogen-bond donors (Lipinski definition) is 2. The van der Waals surface area contributed by atoms with Gasteiger partial charge in [0, 0.05) is 30.6 Å². The molecule has 0 aromatic carbocycles. The number of fused-ring (bicyclic) bond motifs is 2. The van der Waals surface area contributed by atoms with Crippen LogP contribution in [0.5, 0.6) is 0 Å². The summed E-state index contributed by atoms with van der Waals surface area (Å²) < 4.78 is 5.73. The summed E-state index contributed by atoms with van der Waals surface area (Å²) in [6, 6.07) is 0. The number of likely N-dealkylation sites (tertiary alicyclic amines) is 1. The molecule has 0 aromatic rings. The van der Waals surface area contributed by atoms with Crippen molar-refractivity contribution in [2.75, 3.05) is 19.6 Å². The Kier molecular flexibility index (Phi) is 3.80. The van der Waals surface area contributed by atoms with Crippen molar-refractivity contribution in [3.05, 3.63) is 11.6 Å². The number of quaternary nitrogens is 1. The minimum Gasteiger partial charge on any atom is -0.461 e. The Hall–Kier alpha value is -0.870. The Bertz CT molecular complexity index is 525. The quantitative estimate of drug-likeness (QED) is 0.588. The molecule has 4 heteroatoms. The molecule has 128 valence electrons. The number of nitrogens with one attached hydrogen (secondary N) is 1. The molecule has 0 amide bonds. The average molecular weight is 320 g/mol. The summed E-state index contributed by atoms with van der Waals surface area (Å²) in [7, 11) is 0. The van der Waals surface area contributed by atoms with Gasteiger partial charge in [-0.15, -0.1) is 0 Å². The van der Waals surface area contributed by atoms with E-state index in [4.69, 9.17) is 4.74 Å². The molecule has 2 N–H and O–H groups in total. The predicted octanol–water partition coefficient (Wildman–Crippen LogP) is 0.950. The zero-order chi connectivity index (χ0) is 16.2. The van der Waals surface area contributed by atoms with Crippen LogP contribution in [0.3, 0.4) is 0 Å². The fraction of sp³-hybridized carbons (Fsp3) is 0.842. The standard InChI is InChI=1S/C19H29NO3/c1-12-6-5-7-13-10-15-16(17(21)19(12,13)2)14(18(22)23-15)11-20-8-3-4-9-20/h7,12,14-17,21H,3-6,8-11H2,1-2H3/p+1/t12-,14-,15+,16+,17-,19+/m0/s1. The SMILES string of the molecule is C[C@H]1CCC=C2C[C@H]3OC(=O)[C@@H](C[NH+]4CCCC4)[C@H]3[C@H](O)[C@@]21C. The smallest absolute Gasteiger partial charge is 0.315 e. The van der Waals surface area contributed by atoms with Crippen LogP contribution in [0.1, 0.15) is 46.0 Å². The molecule has 0 bridgehead atoms. The molecule has 1 saturated carbocycles. The van der Waals surface area contributed by atoms with Crippen LogP contribution in [0.4, 0.5) is 0 Å². The van der Waals surface area contributed by atoms with Gasteiger partial charge in [-0.25, -0.2) is 0 Å². The number of esters is 1. The summed E-state index contributed by atoms with van der Waals surface area (Å²) >= 11 is 0. The lowest BCUT2D eigenvalue weighted by atomic mass is 9.55. The number of aliphatic hydroxyl groups is 1. The monoisotopic (exact) mass is 320 g/mol. The highest BCUT2D eigenvalue weighted by molar-refractivity contribution is 5.76. The van der Waals surface area contributed by atoms with Crippen molar-refractivity contribution in [3.8, 4) is 0 Å². The van der Waals surface area contributed by atoms with E-state index in [1.54, 1.807) is 0 Å². The molecular weight excluding hydrogens is 290 g/mol. The van der Waals surface area contributed by atoms with E-state index in [0.29, 0.717) is 5.92 Å². The lowest BCUT2D eigenvalue weighted by Gasteiger charge is -2.51. The molecule has 3 fully saturated rings. The summed E-state index contributed by atoms with van der Waals surface area (Å²) in [5.41, 5.74) is 1.15. The highest BCUT2D eigenvalue weighted by atomic mass is 16.6. The molecule has 4 rings (SSSR count). The summed E-state index contributed by atoms with van der Waals surface area (Å²) in [6.45, 7) is 7.65. The lowest BCUT2D eigenvalue weighted by Crippen LogP contribution is -3.11. The van der Waals surface area contributed by atoms with E-state index < -0.39 is 6.10 Å². The van der Waals surface area contributed by atoms with Gasteiger partial charge in [0.15, 0.2) is 0 Å². The van der Waals surface area contributed by atoms with E-state index in [1.165, 1.54) is 23.3 Å². The van der Waals surface area contributed by atoms with Crippen LogP contribution in [0.2, 0.25) is 0 Å². The van der Waals surface area contributed by atoms with Crippen molar-refractivity contribution in [3.63, 3.8) is 0 Å². The first kappa shape index (κ1) is 15.6. The number of allylic oxidation sites excluding steroid dienone is 1. The maximum absolute atomic E-state index is 12.5. The molecule has 2 aliphatic heterocycles. The molecule has 23 heavy (non-hydrogen) atoms. The number of rotatable bonds is 2. The number of carbonyl (C=O) groups excluding carboxylic acids is 1. The minimum absolute atomic E-state index is 0.0155. The topological polar surface area (TPSA) is 51.0 Å². The van der Waals surface area contributed by atoms with Crippen LogP contribution in [0.15, 0.2) is 11.6 Å². The van der Waals surface area contributed by atoms with Crippen molar-refractivity contribution in [1.29, 1.82) is 0 Å². The number of aliphatic hydroxyl groups excluding tert-OH is 1. The maximum Gasteiger partial charge on any atom is 0.315 e. The zero-order valence-electron chi connectivity index (χ0n) is 14.4. The Morgan fingerprint density at radius 1 is 1.39 bits per heavy atom. The third-order valence-electron chi connectivity index (χ3n) is 7.39. The van der Waals surface area contributed by atoms with Gasteiger partial charge >= 0.3 is 5.97 Å². The van der Waals surface area contributed by atoms with Gasteiger partial charge in [0.2, 0.25) is 0 Å². The highest BCUT2D eigenvalue weighted by Gasteiger charge is 2.60. The van der Waals surface area contributed by atoms with Gasteiger partial charge in [0.1, 0.15) is 12.0 Å². The van der Waals surface area contributed by atoms with Crippen molar-refractivity contribution < 1.29 is 19.5 Å². The second-order valence-electron chi connectivity index (χ2n) is 8.46. The van der Waals surface area contributed by atoms with E-state index in [1.807, 2.05) is 0 Å². The van der Waals surface area contributed by atoms with Gasteiger partial charge in [-0.2, -0.15) is 0 Å². The molecule has 2 heterocycles. The van der Waals surface area contributed by atoms with Crippen molar-refractivity contribution in [1.82, 2.24) is 0 Å². The molecule has 0 radical (unpaired) electrons. The number of hydrogen-bond acceptors (Lipinski definition) is 3. The van der Waals surface area contributed by atoms with E-state index in [-0.39, 0.29) is 29.3 Å². The van der Waals surface area contributed by atoms with E-state index >= 15 is 0 Å². The highest BCUT2D eigenvalue weighted by Crippen LogP contribution is 2.55. The van der Waals surface area contributed by atoms with Crippen LogP contribution in [-0.2, 0) is 9.53 Å². The summed E-state index contributed by atoms with van der Waals surface area (Å²) in [4.78, 5) is 14.0. The molecule has 2 aliphatic carbocycles. The van der Waals surface area contributed by atoms with Crippen LogP contribution in [0.25, 0.3) is 0 Å². The molecule has 0 aromatic heterocycles. The van der Waals surface area contributed by atoms with Gasteiger partial charge in [0.05, 0.1) is 25.7 Å². The first-order chi connectivity index (χ1) is 11.0. The molecule has 4 aliphatic rings. The zero-order valence-corrected chi connectivity index (χ0v) is 14.4. The third-order valence-corrected chi connectivity index (χ3v) is 7.39. The van der Waals surface area contributed by atoms with Crippen LogP contribution >= 0.6 is 0 Å². The average Bonchev–Trinajstić information content (AvgIpc) is 3.12. The number of carbonyl (C=O) groups is 1. The summed E-state index contributed by atoms with van der Waals surface area (Å²) in [5, 5.41) is 11.3. The van der Waals surface area contributed by atoms with Crippen molar-refractivity contribution >= 4 is 5.97 Å². The maximum atomic E-state index is 12.5. The first-order valence-corrected chi connectivity index (χ1v) is 9.43. The lowest BCUT2D eigenvalue weighted by molar-refractivity contribution is -0.890. The van der Waals surface area contributed by atoms with Gasteiger partial charge < -0.3 is 14.7 Å². The molecule has 0 unspecified atom stereocenters. The van der Waals surface area contributed by atoms with Gasteiger partial charge in [-0.1, -0.05) is 25.5 Å². The molecular formula is C19H30NO3+. The molecule has 4 nitrogen and oxygen atoms in total. The van der Waals surface area contributed by atoms with Crippen molar-refractivity contribution in [2.45, 2.75) is 58.2 Å². The fourth-order valence-electron chi connectivity index (χ4n) is 5.69. The molecule has 0 spiro atoms. The van der Waals surface area contributed by atoms with E-state index in [0.717, 1.165) is 38.9 Å². The fourth-order valence-corrected chi connectivity index (χ4v) is 5.69. The third kappa shape index (κ3) is 2.29. The Labute approximate surface area is 138 Å². The van der Waals surface area contributed by atoms with Crippen LogP contribution in [0, 0.1) is 23.2 Å². The number of ether oxygens (including phenoxy) is 1. The van der Waals surface area contributed by atoms with Crippen molar-refractivity contribution in [2.24, 2.45) is 23.2 Å². The minimum atomic E-state index is -0.457. The van der Waals surface area contributed by atoms with Gasteiger partial charge in [0.25, 0.3) is 0 Å². The van der Waals surface area contributed by atoms with Crippen LogP contribution in [-0.4, -0.2) is 42.9 Å². The second kappa shape index (κ2) is 5.59. The Morgan fingerprint density at radius 3 is 2.87 bits per heavy atom. The largest absolute Gasteiger partial charge is 0.461 e. The van der Waals surface area contributed by atoms with E-state index in [9.17, 15) is 9.90 Å².